The molecule has 0 aliphatic heterocycles. The lowest BCUT2D eigenvalue weighted by atomic mass is 10.3. The molecule has 1 aromatic heterocycles. The Labute approximate surface area is 93.3 Å². The Hall–Kier alpha value is -1.44. The molecule has 0 unspecified atom stereocenters. The maximum Gasteiger partial charge on any atom is 0.461 e. The highest BCUT2D eigenvalue weighted by Gasteiger charge is 2.29. The van der Waals surface area contributed by atoms with Gasteiger partial charge >= 0.3 is 11.5 Å². The van der Waals surface area contributed by atoms with Gasteiger partial charge in [-0.2, -0.15) is 13.2 Å². The second-order valence-electron chi connectivity index (χ2n) is 2.57. The van der Waals surface area contributed by atoms with Crippen molar-refractivity contribution in [2.45, 2.75) is 5.51 Å². The van der Waals surface area contributed by atoms with Gasteiger partial charge in [-0.15, -0.1) is 0 Å². The number of esters is 1. The van der Waals surface area contributed by atoms with Crippen molar-refractivity contribution in [3.63, 3.8) is 0 Å². The van der Waals surface area contributed by atoms with E-state index in [1.54, 1.807) is 0 Å². The van der Waals surface area contributed by atoms with Crippen LogP contribution in [0.2, 0.25) is 0 Å². The van der Waals surface area contributed by atoms with Crippen molar-refractivity contribution in [2.75, 3.05) is 11.8 Å². The summed E-state index contributed by atoms with van der Waals surface area (Å²) in [6.07, 6.45) is 1.21. The lowest BCUT2D eigenvalue weighted by Gasteiger charge is -2.07. The number of halogens is 3. The second kappa shape index (κ2) is 5.06. The summed E-state index contributed by atoms with van der Waals surface area (Å²) in [7, 11) is 1.18. The number of hydrogen-bond acceptors (Lipinski definition) is 5. The van der Waals surface area contributed by atoms with Crippen LogP contribution in [0, 0.1) is 0 Å². The standard InChI is InChI=1S/C8H7F3N2O2S/c1-15-7(14)5-2-3-12-6(4-5)13-16-8(9,10)11/h2-4H,1H3,(H,12,13). The molecule has 0 aliphatic rings. The third-order valence-corrected chi connectivity index (χ3v) is 2.00. The Bertz CT molecular complexity index is 384. The number of nitrogens with zero attached hydrogens (tertiary/aromatic N) is 1. The summed E-state index contributed by atoms with van der Waals surface area (Å²) in [5.74, 6) is -0.701. The highest BCUT2D eigenvalue weighted by Crippen LogP contribution is 2.30. The molecule has 0 amide bonds. The molecule has 0 saturated carbocycles. The summed E-state index contributed by atoms with van der Waals surface area (Å²) in [6, 6.07) is 2.51. The highest BCUT2D eigenvalue weighted by atomic mass is 32.2. The highest BCUT2D eigenvalue weighted by molar-refractivity contribution is 8.01. The van der Waals surface area contributed by atoms with Crippen molar-refractivity contribution in [3.8, 4) is 0 Å². The fourth-order valence-electron chi connectivity index (χ4n) is 0.841. The molecule has 1 heterocycles. The maximum absolute atomic E-state index is 11.8. The summed E-state index contributed by atoms with van der Waals surface area (Å²) in [4.78, 5) is 14.7. The van der Waals surface area contributed by atoms with Crippen LogP contribution in [-0.2, 0) is 4.74 Å². The number of pyridine rings is 1. The van der Waals surface area contributed by atoms with Crippen molar-refractivity contribution in [2.24, 2.45) is 0 Å². The Morgan fingerprint density at radius 1 is 1.56 bits per heavy atom. The Kier molecular flexibility index (Phi) is 3.99. The normalized spacial score (nSPS) is 11.0. The third kappa shape index (κ3) is 3.97. The molecule has 88 valence electrons. The summed E-state index contributed by atoms with van der Waals surface area (Å²) in [5, 5.41) is 0. The van der Waals surface area contributed by atoms with Crippen molar-refractivity contribution in [3.05, 3.63) is 23.9 Å². The summed E-state index contributed by atoms with van der Waals surface area (Å²) < 4.78 is 41.9. The van der Waals surface area contributed by atoms with Crippen LogP contribution < -0.4 is 4.72 Å². The fraction of sp³-hybridized carbons (Fsp3) is 0.250. The zero-order valence-corrected chi connectivity index (χ0v) is 8.85. The summed E-state index contributed by atoms with van der Waals surface area (Å²) in [6.45, 7) is 0. The van der Waals surface area contributed by atoms with Gasteiger partial charge in [0, 0.05) is 6.20 Å². The van der Waals surface area contributed by atoms with Gasteiger partial charge in [-0.25, -0.2) is 9.78 Å². The maximum atomic E-state index is 11.8. The van der Waals surface area contributed by atoms with Crippen molar-refractivity contribution in [1.29, 1.82) is 0 Å². The molecule has 0 radical (unpaired) electrons. The first kappa shape index (κ1) is 12.6. The summed E-state index contributed by atoms with van der Waals surface area (Å²) in [5.41, 5.74) is -4.29. The molecule has 1 rings (SSSR count). The molecule has 0 bridgehead atoms. The SMILES string of the molecule is COC(=O)c1ccnc(NSC(F)(F)F)c1. The average molecular weight is 252 g/mol. The average Bonchev–Trinajstić information content (AvgIpc) is 2.25. The molecule has 4 nitrogen and oxygen atoms in total. The van der Waals surface area contributed by atoms with Crippen molar-refractivity contribution in [1.82, 2.24) is 4.98 Å². The van der Waals surface area contributed by atoms with E-state index in [0.717, 1.165) is 0 Å². The quantitative estimate of drug-likeness (QED) is 0.661. The minimum atomic E-state index is -4.41. The smallest absolute Gasteiger partial charge is 0.461 e. The molecule has 0 aromatic carbocycles. The van der Waals surface area contributed by atoms with E-state index in [-0.39, 0.29) is 11.4 Å². The van der Waals surface area contributed by atoms with E-state index in [2.05, 4.69) is 9.72 Å². The molecular formula is C8H7F3N2O2S. The number of aromatic nitrogens is 1. The summed E-state index contributed by atoms with van der Waals surface area (Å²) >= 11 is -0.450. The minimum Gasteiger partial charge on any atom is -0.465 e. The molecule has 16 heavy (non-hydrogen) atoms. The number of methoxy groups -OCH3 is 1. The molecule has 0 saturated heterocycles. The van der Waals surface area contributed by atoms with Crippen LogP contribution in [0.25, 0.3) is 0 Å². The van der Waals surface area contributed by atoms with E-state index in [4.69, 9.17) is 0 Å². The second-order valence-corrected chi connectivity index (χ2v) is 3.44. The molecule has 0 atom stereocenters. The molecule has 1 N–H and O–H groups in total. The van der Waals surface area contributed by atoms with Gasteiger partial charge in [0.2, 0.25) is 0 Å². The minimum absolute atomic E-state index is 0.0646. The van der Waals surface area contributed by atoms with E-state index >= 15 is 0 Å². The number of nitrogens with one attached hydrogen (secondary N) is 1. The van der Waals surface area contributed by atoms with Gasteiger partial charge in [0.05, 0.1) is 24.6 Å². The van der Waals surface area contributed by atoms with E-state index in [1.807, 2.05) is 4.72 Å². The molecular weight excluding hydrogens is 245 g/mol. The van der Waals surface area contributed by atoms with Crippen LogP contribution in [0.1, 0.15) is 10.4 Å². The van der Waals surface area contributed by atoms with E-state index in [9.17, 15) is 18.0 Å². The first-order valence-electron chi connectivity index (χ1n) is 3.97. The van der Waals surface area contributed by atoms with Crippen LogP contribution >= 0.6 is 11.9 Å². The number of anilines is 1. The number of carbonyl (C=O) groups excluding carboxylic acids is 1. The van der Waals surface area contributed by atoms with Crippen LogP contribution in [0.4, 0.5) is 19.0 Å². The van der Waals surface area contributed by atoms with Crippen LogP contribution in [0.3, 0.4) is 0 Å². The number of rotatable bonds is 3. The third-order valence-electron chi connectivity index (χ3n) is 1.45. The topological polar surface area (TPSA) is 51.2 Å². The molecule has 0 fully saturated rings. The number of alkyl halides is 3. The number of carbonyl (C=O) groups is 1. The lowest BCUT2D eigenvalue weighted by molar-refractivity contribution is -0.0324. The van der Waals surface area contributed by atoms with Crippen molar-refractivity contribution >= 4 is 23.7 Å². The Morgan fingerprint density at radius 3 is 2.81 bits per heavy atom. The largest absolute Gasteiger partial charge is 0.465 e. The zero-order chi connectivity index (χ0) is 12.2. The van der Waals surface area contributed by atoms with Gasteiger partial charge in [0.1, 0.15) is 5.82 Å². The Balaban J connectivity index is 2.71. The fourth-order valence-corrected chi connectivity index (χ4v) is 1.17. The van der Waals surface area contributed by atoms with Crippen LogP contribution in [-0.4, -0.2) is 23.6 Å². The predicted molar refractivity (Wildman–Crippen MR) is 52.8 cm³/mol. The Morgan fingerprint density at radius 2 is 2.25 bits per heavy atom. The van der Waals surface area contributed by atoms with E-state index < -0.39 is 23.4 Å². The van der Waals surface area contributed by atoms with Gasteiger partial charge in [0.25, 0.3) is 0 Å². The van der Waals surface area contributed by atoms with Crippen molar-refractivity contribution < 1.29 is 22.7 Å². The van der Waals surface area contributed by atoms with Gasteiger partial charge in [-0.3, -0.25) is 0 Å². The lowest BCUT2D eigenvalue weighted by Crippen LogP contribution is -2.07. The first-order chi connectivity index (χ1) is 7.42. The molecule has 0 spiro atoms. The van der Waals surface area contributed by atoms with E-state index in [1.165, 1.54) is 25.4 Å². The molecule has 8 heteroatoms. The number of hydrogen-bond donors (Lipinski definition) is 1. The van der Waals surface area contributed by atoms with Gasteiger partial charge in [-0.05, 0) is 12.1 Å². The van der Waals surface area contributed by atoms with E-state index in [0.29, 0.717) is 0 Å². The number of ether oxygens (including phenoxy) is 1. The van der Waals surface area contributed by atoms with Gasteiger partial charge < -0.3 is 9.46 Å². The van der Waals surface area contributed by atoms with Crippen LogP contribution in [0.5, 0.6) is 0 Å². The van der Waals surface area contributed by atoms with Crippen LogP contribution in [0.15, 0.2) is 18.3 Å². The molecule has 0 aliphatic carbocycles. The van der Waals surface area contributed by atoms with Gasteiger partial charge in [0.15, 0.2) is 0 Å². The zero-order valence-electron chi connectivity index (χ0n) is 8.04. The molecule has 1 aromatic rings. The monoisotopic (exact) mass is 252 g/mol. The first-order valence-corrected chi connectivity index (χ1v) is 4.79. The predicted octanol–water partition coefficient (Wildman–Crippen LogP) is 2.45. The van der Waals surface area contributed by atoms with Gasteiger partial charge in [-0.1, -0.05) is 0 Å².